The number of rotatable bonds is 7. The van der Waals surface area contributed by atoms with Crippen molar-refractivity contribution in [2.45, 2.75) is 6.92 Å². The van der Waals surface area contributed by atoms with Gasteiger partial charge in [0.2, 0.25) is 0 Å². The molecular weight excluding hydrogens is 252 g/mol. The van der Waals surface area contributed by atoms with E-state index in [4.69, 9.17) is 24.8 Å². The summed E-state index contributed by atoms with van der Waals surface area (Å²) in [5, 5.41) is 25.6. The maximum absolute atomic E-state index is 10.3. The first kappa shape index (κ1) is 17.4. The lowest BCUT2D eigenvalue weighted by Crippen LogP contribution is -2.06. The highest BCUT2D eigenvalue weighted by molar-refractivity contribution is 5.90. The van der Waals surface area contributed by atoms with Gasteiger partial charge < -0.3 is 24.8 Å². The summed E-state index contributed by atoms with van der Waals surface area (Å²) >= 11 is 0. The van der Waals surface area contributed by atoms with Crippen molar-refractivity contribution >= 4 is 5.97 Å². The van der Waals surface area contributed by atoms with Gasteiger partial charge in [0, 0.05) is 6.61 Å². The molecule has 0 unspecified atom stereocenters. The van der Waals surface area contributed by atoms with Gasteiger partial charge in [-0.3, -0.25) is 0 Å². The average Bonchev–Trinajstić information content (AvgIpc) is 2.40. The molecule has 108 valence electrons. The lowest BCUT2D eigenvalue weighted by Gasteiger charge is -2.00. The number of hydrogen-bond donors (Lipinski definition) is 3. The molecule has 0 aromatic heterocycles. The highest BCUT2D eigenvalue weighted by Crippen LogP contribution is 2.14. The number of carbonyl (C=O) groups is 1. The second kappa shape index (κ2) is 11.5. The molecule has 1 rings (SSSR count). The molecule has 0 fully saturated rings. The SMILES string of the molecule is CCOCCOCCO.O=C(O)c1ccccc1O. The van der Waals surface area contributed by atoms with E-state index >= 15 is 0 Å². The van der Waals surface area contributed by atoms with Gasteiger partial charge in [-0.1, -0.05) is 12.1 Å². The maximum Gasteiger partial charge on any atom is 0.339 e. The number of benzene rings is 1. The first-order valence-corrected chi connectivity index (χ1v) is 5.91. The van der Waals surface area contributed by atoms with Crippen molar-refractivity contribution in [2.75, 3.05) is 33.0 Å². The van der Waals surface area contributed by atoms with Crippen LogP contribution in [0, 0.1) is 0 Å². The molecule has 0 radical (unpaired) electrons. The van der Waals surface area contributed by atoms with Gasteiger partial charge in [-0.2, -0.15) is 0 Å². The van der Waals surface area contributed by atoms with Crippen molar-refractivity contribution in [1.29, 1.82) is 0 Å². The fraction of sp³-hybridized carbons (Fsp3) is 0.462. The summed E-state index contributed by atoms with van der Waals surface area (Å²) in [7, 11) is 0. The van der Waals surface area contributed by atoms with E-state index in [9.17, 15) is 4.79 Å². The molecule has 0 amide bonds. The summed E-state index contributed by atoms with van der Waals surface area (Å²) in [6, 6.07) is 5.81. The van der Waals surface area contributed by atoms with E-state index in [0.29, 0.717) is 19.8 Å². The summed E-state index contributed by atoms with van der Waals surface area (Å²) in [6.07, 6.45) is 0. The first-order chi connectivity index (χ1) is 9.13. The molecule has 0 saturated carbocycles. The van der Waals surface area contributed by atoms with Crippen LogP contribution >= 0.6 is 0 Å². The number of hydrogen-bond acceptors (Lipinski definition) is 5. The Bertz CT molecular complexity index is 347. The summed E-state index contributed by atoms with van der Waals surface area (Å²) in [4.78, 5) is 10.3. The van der Waals surface area contributed by atoms with E-state index in [2.05, 4.69) is 0 Å². The minimum Gasteiger partial charge on any atom is -0.507 e. The summed E-state index contributed by atoms with van der Waals surface area (Å²) < 4.78 is 9.88. The zero-order valence-corrected chi connectivity index (χ0v) is 10.9. The highest BCUT2D eigenvalue weighted by atomic mass is 16.5. The number of aromatic hydroxyl groups is 1. The largest absolute Gasteiger partial charge is 0.507 e. The van der Waals surface area contributed by atoms with E-state index in [0.717, 1.165) is 6.61 Å². The number of carboxylic acid groups (broad SMARTS) is 1. The average molecular weight is 272 g/mol. The van der Waals surface area contributed by atoms with E-state index in [-0.39, 0.29) is 17.9 Å². The molecule has 0 bridgehead atoms. The highest BCUT2D eigenvalue weighted by Gasteiger charge is 2.05. The Morgan fingerprint density at radius 3 is 2.26 bits per heavy atom. The molecule has 0 aliphatic carbocycles. The quantitative estimate of drug-likeness (QED) is 0.644. The molecule has 0 heterocycles. The third-order valence-electron chi connectivity index (χ3n) is 1.95. The Kier molecular flexibility index (Phi) is 10.5. The Labute approximate surface area is 112 Å². The molecule has 6 nitrogen and oxygen atoms in total. The van der Waals surface area contributed by atoms with Gasteiger partial charge in [0.05, 0.1) is 26.4 Å². The smallest absolute Gasteiger partial charge is 0.339 e. The topological polar surface area (TPSA) is 96.2 Å². The van der Waals surface area contributed by atoms with Gasteiger partial charge in [-0.15, -0.1) is 0 Å². The van der Waals surface area contributed by atoms with Crippen LogP contribution in [0.15, 0.2) is 24.3 Å². The molecule has 19 heavy (non-hydrogen) atoms. The normalized spacial score (nSPS) is 9.58. The lowest BCUT2D eigenvalue weighted by atomic mass is 10.2. The van der Waals surface area contributed by atoms with Crippen LogP contribution in [0.5, 0.6) is 5.75 Å². The van der Waals surface area contributed by atoms with Crippen molar-refractivity contribution in [2.24, 2.45) is 0 Å². The number of aliphatic hydroxyl groups excluding tert-OH is 1. The van der Waals surface area contributed by atoms with E-state index < -0.39 is 5.97 Å². The molecule has 3 N–H and O–H groups in total. The second-order valence-corrected chi connectivity index (χ2v) is 3.36. The fourth-order valence-corrected chi connectivity index (χ4v) is 1.08. The van der Waals surface area contributed by atoms with E-state index in [1.165, 1.54) is 12.1 Å². The summed E-state index contributed by atoms with van der Waals surface area (Å²) in [6.45, 7) is 4.36. The van der Waals surface area contributed by atoms with E-state index in [1.54, 1.807) is 12.1 Å². The van der Waals surface area contributed by atoms with Crippen LogP contribution in [-0.4, -0.2) is 54.3 Å². The van der Waals surface area contributed by atoms with Gasteiger partial charge in [-0.05, 0) is 19.1 Å². The summed E-state index contributed by atoms with van der Waals surface area (Å²) in [5.41, 5.74) is -0.0671. The van der Waals surface area contributed by atoms with Gasteiger partial charge in [0.15, 0.2) is 0 Å². The predicted molar refractivity (Wildman–Crippen MR) is 69.5 cm³/mol. The Hall–Kier alpha value is -1.63. The number of ether oxygens (including phenoxy) is 2. The Morgan fingerprint density at radius 2 is 1.79 bits per heavy atom. The monoisotopic (exact) mass is 272 g/mol. The first-order valence-electron chi connectivity index (χ1n) is 5.91. The minimum atomic E-state index is -1.11. The van der Waals surface area contributed by atoms with Crippen LogP contribution in [0.3, 0.4) is 0 Å². The van der Waals surface area contributed by atoms with Crippen LogP contribution in [0.25, 0.3) is 0 Å². The molecule has 0 saturated heterocycles. The van der Waals surface area contributed by atoms with Crippen molar-refractivity contribution in [3.63, 3.8) is 0 Å². The predicted octanol–water partition coefficient (Wildman–Crippen LogP) is 1.12. The zero-order chi connectivity index (χ0) is 14.5. The van der Waals surface area contributed by atoms with Crippen LogP contribution in [0.4, 0.5) is 0 Å². The van der Waals surface area contributed by atoms with Crippen molar-refractivity contribution in [3.05, 3.63) is 29.8 Å². The second-order valence-electron chi connectivity index (χ2n) is 3.36. The third-order valence-corrected chi connectivity index (χ3v) is 1.95. The molecule has 0 aliphatic rings. The van der Waals surface area contributed by atoms with Gasteiger partial charge in [0.25, 0.3) is 0 Å². The molecule has 0 atom stereocenters. The molecule has 0 aliphatic heterocycles. The zero-order valence-electron chi connectivity index (χ0n) is 10.9. The van der Waals surface area contributed by atoms with Crippen LogP contribution in [0.1, 0.15) is 17.3 Å². The van der Waals surface area contributed by atoms with Crippen LogP contribution in [0.2, 0.25) is 0 Å². The lowest BCUT2D eigenvalue weighted by molar-refractivity contribution is 0.0370. The van der Waals surface area contributed by atoms with Crippen molar-refractivity contribution < 1.29 is 29.6 Å². The maximum atomic E-state index is 10.3. The number of phenols is 1. The third kappa shape index (κ3) is 9.01. The molecular formula is C13H20O6. The van der Waals surface area contributed by atoms with Crippen molar-refractivity contribution in [3.8, 4) is 5.75 Å². The molecule has 6 heteroatoms. The van der Waals surface area contributed by atoms with Gasteiger partial charge >= 0.3 is 5.97 Å². The minimum absolute atomic E-state index is 0.0671. The summed E-state index contributed by atoms with van der Waals surface area (Å²) in [5.74, 6) is -1.31. The van der Waals surface area contributed by atoms with Gasteiger partial charge in [-0.25, -0.2) is 4.79 Å². The number of carboxylic acids is 1. The number of aromatic carboxylic acids is 1. The fourth-order valence-electron chi connectivity index (χ4n) is 1.08. The standard InChI is InChI=1S/C7H6O3.C6H14O3/c8-6-4-2-1-3-5(6)7(9)10;1-2-8-5-6-9-4-3-7/h1-4,8H,(H,9,10);7H,2-6H2,1H3. The van der Waals surface area contributed by atoms with Crippen molar-refractivity contribution in [1.82, 2.24) is 0 Å². The Balaban J connectivity index is 0.000000344. The molecule has 1 aromatic carbocycles. The molecule has 1 aromatic rings. The number of aliphatic hydroxyl groups is 1. The van der Waals surface area contributed by atoms with Gasteiger partial charge in [0.1, 0.15) is 11.3 Å². The molecule has 0 spiro atoms. The number of para-hydroxylation sites is 1. The van der Waals surface area contributed by atoms with Crippen LogP contribution < -0.4 is 0 Å². The van der Waals surface area contributed by atoms with Crippen LogP contribution in [-0.2, 0) is 9.47 Å². The van der Waals surface area contributed by atoms with E-state index in [1.807, 2.05) is 6.92 Å². The Morgan fingerprint density at radius 1 is 1.16 bits per heavy atom.